The van der Waals surface area contributed by atoms with Crippen molar-refractivity contribution in [1.29, 1.82) is 0 Å². The van der Waals surface area contributed by atoms with Gasteiger partial charge in [0.2, 0.25) is 5.89 Å². The largest absolute Gasteiger partial charge is 0.441 e. The fourth-order valence-electron chi connectivity index (χ4n) is 3.02. The van der Waals surface area contributed by atoms with E-state index < -0.39 is 0 Å². The van der Waals surface area contributed by atoms with Gasteiger partial charge in [-0.2, -0.15) is 0 Å². The van der Waals surface area contributed by atoms with Gasteiger partial charge in [-0.1, -0.05) is 0 Å². The second-order valence-electron chi connectivity index (χ2n) is 7.05. The van der Waals surface area contributed by atoms with E-state index >= 15 is 0 Å². The number of hydrogen-bond donors (Lipinski definition) is 0. The first-order chi connectivity index (χ1) is 14.8. The van der Waals surface area contributed by atoms with E-state index in [1.54, 1.807) is 17.5 Å². The lowest BCUT2D eigenvalue weighted by Crippen LogP contribution is -2.00. The highest BCUT2D eigenvalue weighted by atomic mass is 127. The molecule has 0 aliphatic carbocycles. The summed E-state index contributed by atoms with van der Waals surface area (Å²) >= 11 is 7.65. The molecule has 6 nitrogen and oxygen atoms in total. The molecular formula is C21H17I2N3O3S2. The van der Waals surface area contributed by atoms with E-state index in [-0.39, 0.29) is 11.6 Å². The van der Waals surface area contributed by atoms with E-state index in [2.05, 4.69) is 66.2 Å². The molecule has 0 spiro atoms. The number of thiophene rings is 2. The van der Waals surface area contributed by atoms with Crippen molar-refractivity contribution in [2.45, 2.75) is 39.8 Å². The number of nitrogens with zero attached hydrogens (tertiary/aromatic N) is 3. The van der Waals surface area contributed by atoms with Crippen molar-refractivity contribution in [3.8, 4) is 10.8 Å². The monoisotopic (exact) mass is 677 g/mol. The van der Waals surface area contributed by atoms with Crippen LogP contribution in [-0.2, 0) is 17.9 Å². The van der Waals surface area contributed by atoms with Crippen molar-refractivity contribution in [2.75, 3.05) is 0 Å². The summed E-state index contributed by atoms with van der Waals surface area (Å²) in [7, 11) is 0. The SMILES string of the molecule is CC(=O)CCC(=O)c1cc2c(s1)C(I)=NC2.Cc1cnc(-c2cc3c(s2)C(I)=NC3)o1. The fraction of sp³-hybridized carbons (Fsp3) is 0.286. The highest BCUT2D eigenvalue weighted by Gasteiger charge is 2.21. The molecule has 2 aliphatic rings. The van der Waals surface area contributed by atoms with Gasteiger partial charge in [-0.3, -0.25) is 14.8 Å². The maximum Gasteiger partial charge on any atom is 0.236 e. The molecule has 2 aliphatic heterocycles. The number of Topliss-reactive ketones (excluding diaryl/α,β-unsaturated/α-hetero) is 2. The van der Waals surface area contributed by atoms with Gasteiger partial charge in [0.1, 0.15) is 19.0 Å². The number of aromatic nitrogens is 1. The molecule has 10 heteroatoms. The maximum absolute atomic E-state index is 11.8. The zero-order valence-electron chi connectivity index (χ0n) is 16.7. The minimum absolute atomic E-state index is 0.0635. The summed E-state index contributed by atoms with van der Waals surface area (Å²) in [5.74, 6) is 1.70. The molecule has 0 saturated carbocycles. The first-order valence-electron chi connectivity index (χ1n) is 9.43. The van der Waals surface area contributed by atoms with Crippen LogP contribution in [0.2, 0.25) is 0 Å². The smallest absolute Gasteiger partial charge is 0.236 e. The lowest BCUT2D eigenvalue weighted by atomic mass is 10.1. The number of rotatable bonds is 5. The minimum atomic E-state index is 0.0635. The van der Waals surface area contributed by atoms with Gasteiger partial charge in [-0.05, 0) is 82.3 Å². The van der Waals surface area contributed by atoms with E-state index in [0.717, 1.165) is 45.8 Å². The Kier molecular flexibility index (Phi) is 7.18. The summed E-state index contributed by atoms with van der Waals surface area (Å²) in [6, 6.07) is 4.04. The summed E-state index contributed by atoms with van der Waals surface area (Å²) in [5.41, 5.74) is 2.43. The third kappa shape index (κ3) is 5.22. The van der Waals surface area contributed by atoms with Crippen LogP contribution in [0.25, 0.3) is 10.8 Å². The molecular weight excluding hydrogens is 660 g/mol. The molecule has 0 saturated heterocycles. The molecule has 0 fully saturated rings. The number of fused-ring (bicyclic) bond motifs is 2. The normalized spacial score (nSPS) is 13.8. The lowest BCUT2D eigenvalue weighted by Gasteiger charge is -1.94. The summed E-state index contributed by atoms with van der Waals surface area (Å²) in [4.78, 5) is 39.7. The van der Waals surface area contributed by atoms with Crippen LogP contribution in [0.15, 0.2) is 32.7 Å². The number of carbonyl (C=O) groups excluding carboxylic acids is 2. The van der Waals surface area contributed by atoms with Crippen LogP contribution < -0.4 is 0 Å². The predicted octanol–water partition coefficient (Wildman–Crippen LogP) is 6.40. The molecule has 5 heterocycles. The number of aliphatic imine (C=N–C) groups is 2. The first-order valence-corrected chi connectivity index (χ1v) is 13.2. The van der Waals surface area contributed by atoms with Crippen molar-refractivity contribution in [3.05, 3.63) is 49.8 Å². The second kappa shape index (κ2) is 9.71. The van der Waals surface area contributed by atoms with Crippen molar-refractivity contribution >= 4 is 86.9 Å². The number of oxazole rings is 1. The van der Waals surface area contributed by atoms with Gasteiger partial charge >= 0.3 is 0 Å². The molecule has 0 unspecified atom stereocenters. The van der Waals surface area contributed by atoms with Gasteiger partial charge in [0.25, 0.3) is 0 Å². The number of carbonyl (C=O) groups is 2. The van der Waals surface area contributed by atoms with Crippen molar-refractivity contribution in [2.24, 2.45) is 9.98 Å². The Morgan fingerprint density at radius 3 is 2.23 bits per heavy atom. The van der Waals surface area contributed by atoms with Crippen LogP contribution in [0, 0.1) is 6.92 Å². The Bertz CT molecular complexity index is 1240. The molecule has 0 N–H and O–H groups in total. The van der Waals surface area contributed by atoms with Gasteiger partial charge in [-0.25, -0.2) is 4.98 Å². The third-order valence-corrected chi connectivity index (χ3v) is 9.47. The van der Waals surface area contributed by atoms with Crippen molar-refractivity contribution < 1.29 is 14.0 Å². The number of aryl methyl sites for hydroxylation is 1. The summed E-state index contributed by atoms with van der Waals surface area (Å²) < 4.78 is 7.59. The summed E-state index contributed by atoms with van der Waals surface area (Å²) in [5, 5.41) is 0. The highest BCUT2D eigenvalue weighted by molar-refractivity contribution is 14.1. The standard InChI is InChI=1S/C11H10INO2S.C10H7IN2OS/c1-6(14)2-3-8(15)9-4-7-5-13-11(12)10(7)16-9;1-5-3-13-10(14-5)7-2-6-4-12-9(11)8(6)15-7/h4H,2-3,5H2,1H3;2-3H,4H2,1H3. The van der Waals surface area contributed by atoms with E-state index in [1.165, 1.54) is 28.7 Å². The Labute approximate surface area is 214 Å². The first kappa shape index (κ1) is 22.9. The molecule has 0 radical (unpaired) electrons. The molecule has 160 valence electrons. The van der Waals surface area contributed by atoms with E-state index in [1.807, 2.05) is 13.0 Å². The van der Waals surface area contributed by atoms with Gasteiger partial charge in [0, 0.05) is 12.8 Å². The van der Waals surface area contributed by atoms with Crippen LogP contribution >= 0.6 is 67.9 Å². The zero-order chi connectivity index (χ0) is 22.1. The Morgan fingerprint density at radius 2 is 1.68 bits per heavy atom. The van der Waals surface area contributed by atoms with Crippen LogP contribution in [0.3, 0.4) is 0 Å². The zero-order valence-corrected chi connectivity index (χ0v) is 22.6. The topological polar surface area (TPSA) is 84.9 Å². The van der Waals surface area contributed by atoms with Crippen LogP contribution in [0.4, 0.5) is 0 Å². The Hall–Kier alpha value is -1.25. The van der Waals surface area contributed by atoms with Gasteiger partial charge < -0.3 is 9.21 Å². The van der Waals surface area contributed by atoms with E-state index in [9.17, 15) is 9.59 Å². The Balaban J connectivity index is 0.000000149. The molecule has 3 aromatic heterocycles. The van der Waals surface area contributed by atoms with Crippen LogP contribution in [0.5, 0.6) is 0 Å². The van der Waals surface area contributed by atoms with Crippen LogP contribution in [-0.4, -0.2) is 24.0 Å². The van der Waals surface area contributed by atoms with E-state index in [0.29, 0.717) is 19.4 Å². The molecule has 0 atom stereocenters. The van der Waals surface area contributed by atoms with Gasteiger partial charge in [0.15, 0.2) is 5.78 Å². The number of ketones is 2. The van der Waals surface area contributed by atoms with E-state index in [4.69, 9.17) is 4.42 Å². The van der Waals surface area contributed by atoms with Crippen molar-refractivity contribution in [1.82, 2.24) is 4.98 Å². The lowest BCUT2D eigenvalue weighted by molar-refractivity contribution is -0.116. The quantitative estimate of drug-likeness (QED) is 0.231. The number of halogens is 2. The maximum atomic E-state index is 11.8. The fourth-order valence-corrected chi connectivity index (χ4v) is 6.76. The highest BCUT2D eigenvalue weighted by Crippen LogP contribution is 2.36. The molecule has 0 aromatic carbocycles. The molecule has 0 bridgehead atoms. The molecule has 31 heavy (non-hydrogen) atoms. The predicted molar refractivity (Wildman–Crippen MR) is 142 cm³/mol. The minimum Gasteiger partial charge on any atom is -0.441 e. The summed E-state index contributed by atoms with van der Waals surface area (Å²) in [6.07, 6.45) is 2.41. The van der Waals surface area contributed by atoms with Crippen LogP contribution in [0.1, 0.15) is 56.1 Å². The van der Waals surface area contributed by atoms with Crippen molar-refractivity contribution in [3.63, 3.8) is 0 Å². The number of hydrogen-bond acceptors (Lipinski definition) is 8. The summed E-state index contributed by atoms with van der Waals surface area (Å²) in [6.45, 7) is 4.90. The third-order valence-electron chi connectivity index (χ3n) is 4.58. The Morgan fingerprint density at radius 1 is 1.03 bits per heavy atom. The molecule has 5 rings (SSSR count). The van der Waals surface area contributed by atoms with Gasteiger partial charge in [-0.15, -0.1) is 22.7 Å². The average Bonchev–Trinajstić information content (AvgIpc) is 3.51. The average molecular weight is 677 g/mol. The van der Waals surface area contributed by atoms with Gasteiger partial charge in [0.05, 0.1) is 38.8 Å². The second-order valence-corrected chi connectivity index (χ2v) is 11.2. The molecule has 0 amide bonds. The molecule has 3 aromatic rings.